The quantitative estimate of drug-likeness (QED) is 0.195. The Balaban J connectivity index is 0.000000189. The first-order chi connectivity index (χ1) is 16.5. The third-order valence-electron chi connectivity index (χ3n) is 6.19. The van der Waals surface area contributed by atoms with Gasteiger partial charge in [-0.25, -0.2) is 0 Å². The number of pyridine rings is 3. The summed E-state index contributed by atoms with van der Waals surface area (Å²) >= 11 is 0. The van der Waals surface area contributed by atoms with E-state index in [-0.39, 0.29) is 25.5 Å². The van der Waals surface area contributed by atoms with Crippen LogP contribution in [0.15, 0.2) is 97.3 Å². The molecule has 2 aromatic carbocycles. The van der Waals surface area contributed by atoms with Crippen LogP contribution in [-0.2, 0) is 25.5 Å². The number of benzene rings is 2. The Morgan fingerprint density at radius 2 is 1.51 bits per heavy atom. The molecule has 0 unspecified atom stereocenters. The Morgan fingerprint density at radius 1 is 0.714 bits per heavy atom. The van der Waals surface area contributed by atoms with Crippen molar-refractivity contribution in [3.63, 3.8) is 0 Å². The summed E-state index contributed by atoms with van der Waals surface area (Å²) in [4.78, 5) is 13.4. The molecule has 3 aromatic heterocycles. The zero-order valence-corrected chi connectivity index (χ0v) is 22.3. The Kier molecular flexibility index (Phi) is 7.35. The normalized spacial score (nSPS) is 12.4. The number of fused-ring (bicyclic) bond motifs is 3. The molecule has 1 aliphatic rings. The fourth-order valence-corrected chi connectivity index (χ4v) is 4.41. The number of hydrogen-bond donors (Lipinski definition) is 0. The molecule has 1 radical (unpaired) electrons. The second kappa shape index (κ2) is 10.4. The number of aryl methyl sites for hydroxylation is 1. The molecule has 0 bridgehead atoms. The van der Waals surface area contributed by atoms with Crippen molar-refractivity contribution in [1.82, 2.24) is 15.0 Å². The van der Waals surface area contributed by atoms with Crippen LogP contribution in [0.1, 0.15) is 30.7 Å². The van der Waals surface area contributed by atoms with Gasteiger partial charge in [0.1, 0.15) is 0 Å². The molecule has 5 aromatic rings. The van der Waals surface area contributed by atoms with Crippen LogP contribution in [0.3, 0.4) is 0 Å². The van der Waals surface area contributed by atoms with E-state index in [9.17, 15) is 0 Å². The van der Waals surface area contributed by atoms with E-state index < -0.39 is 0 Å². The fraction of sp³-hybridized carbons (Fsp3) is 0.129. The van der Waals surface area contributed by atoms with Gasteiger partial charge in [0.05, 0.1) is 0 Å². The fourth-order valence-electron chi connectivity index (χ4n) is 4.41. The zero-order chi connectivity index (χ0) is 23.5. The number of aromatic nitrogens is 3. The molecule has 3 nitrogen and oxygen atoms in total. The van der Waals surface area contributed by atoms with Crippen LogP contribution in [0.25, 0.3) is 33.8 Å². The van der Waals surface area contributed by atoms with E-state index in [1.165, 1.54) is 22.3 Å². The second-order valence-electron chi connectivity index (χ2n) is 8.86. The van der Waals surface area contributed by atoms with Crippen molar-refractivity contribution in [2.75, 3.05) is 0 Å². The number of nitrogens with zero attached hydrogens (tertiary/aromatic N) is 3. The van der Waals surface area contributed by atoms with E-state index in [0.717, 1.165) is 28.3 Å². The Labute approximate surface area is 220 Å². The van der Waals surface area contributed by atoms with E-state index in [2.05, 4.69) is 71.3 Å². The van der Waals surface area contributed by atoms with Gasteiger partial charge >= 0.3 is 0 Å². The SMILES string of the molecule is Cc1cc[c-]c(-c2cc3c(cn2)C(C)(C)c2ccccc2-3)n1.[Ir].[c-]1ccccc1-c1ccccn1. The van der Waals surface area contributed by atoms with Gasteiger partial charge < -0.3 is 9.97 Å². The molecule has 0 aliphatic heterocycles. The summed E-state index contributed by atoms with van der Waals surface area (Å²) < 4.78 is 0. The molecule has 0 saturated carbocycles. The summed E-state index contributed by atoms with van der Waals surface area (Å²) in [6, 6.07) is 34.6. The summed E-state index contributed by atoms with van der Waals surface area (Å²) in [7, 11) is 0. The van der Waals surface area contributed by atoms with Gasteiger partial charge in [0, 0.05) is 37.9 Å². The molecule has 1 aliphatic carbocycles. The molecular weight excluding hydrogens is 607 g/mol. The molecule has 0 saturated heterocycles. The van der Waals surface area contributed by atoms with Gasteiger partial charge in [-0.15, -0.1) is 42.0 Å². The minimum atomic E-state index is 0. The van der Waals surface area contributed by atoms with Crippen LogP contribution in [0, 0.1) is 19.1 Å². The van der Waals surface area contributed by atoms with Crippen molar-refractivity contribution in [2.45, 2.75) is 26.2 Å². The summed E-state index contributed by atoms with van der Waals surface area (Å²) in [6.45, 7) is 6.51. The van der Waals surface area contributed by atoms with Gasteiger partial charge in [0.2, 0.25) is 0 Å². The van der Waals surface area contributed by atoms with Crippen molar-refractivity contribution in [2.24, 2.45) is 0 Å². The smallest absolute Gasteiger partial charge is 0.0173 e. The average molecular weight is 632 g/mol. The van der Waals surface area contributed by atoms with Gasteiger partial charge in [0.15, 0.2) is 0 Å². The van der Waals surface area contributed by atoms with E-state index in [0.29, 0.717) is 0 Å². The van der Waals surface area contributed by atoms with Crippen molar-refractivity contribution in [3.8, 4) is 33.8 Å². The molecule has 0 fully saturated rings. The molecule has 35 heavy (non-hydrogen) atoms. The van der Waals surface area contributed by atoms with Gasteiger partial charge in [-0.05, 0) is 58.0 Å². The minimum Gasteiger partial charge on any atom is -0.318 e. The Hall–Kier alpha value is -3.46. The largest absolute Gasteiger partial charge is 0.318 e. The topological polar surface area (TPSA) is 38.7 Å². The third-order valence-corrected chi connectivity index (χ3v) is 6.19. The number of rotatable bonds is 2. The molecule has 4 heteroatoms. The molecule has 0 atom stereocenters. The molecule has 0 amide bonds. The summed E-state index contributed by atoms with van der Waals surface area (Å²) in [5.41, 5.74) is 9.91. The second-order valence-corrected chi connectivity index (χ2v) is 8.86. The van der Waals surface area contributed by atoms with Crippen LogP contribution in [0.5, 0.6) is 0 Å². The van der Waals surface area contributed by atoms with Gasteiger partial charge in [-0.2, -0.15) is 12.1 Å². The van der Waals surface area contributed by atoms with Crippen molar-refractivity contribution < 1.29 is 20.1 Å². The monoisotopic (exact) mass is 632 g/mol. The first kappa shape index (κ1) is 24.7. The standard InChI is InChI=1S/C20H17N2.C11H8N.Ir/c1-13-7-6-10-18(22-13)19-11-15-14-8-4-5-9-16(14)20(2,3)17(15)12-21-19;1-2-6-10(7-3-1)11-8-4-5-9-12-11;/h4-9,11-12H,1-3H3;1-6,8-9H;/q2*-1;. The number of hydrogen-bond acceptors (Lipinski definition) is 3. The zero-order valence-electron chi connectivity index (χ0n) is 19.9. The average Bonchev–Trinajstić information content (AvgIpc) is 3.12. The predicted molar refractivity (Wildman–Crippen MR) is 137 cm³/mol. The van der Waals surface area contributed by atoms with Crippen molar-refractivity contribution in [3.05, 3.63) is 126 Å². The van der Waals surface area contributed by atoms with E-state index >= 15 is 0 Å². The summed E-state index contributed by atoms with van der Waals surface area (Å²) in [5, 5.41) is 0. The van der Waals surface area contributed by atoms with Crippen LogP contribution in [0.2, 0.25) is 0 Å². The predicted octanol–water partition coefficient (Wildman–Crippen LogP) is 7.10. The van der Waals surface area contributed by atoms with Crippen LogP contribution < -0.4 is 0 Å². The Bertz CT molecular complexity index is 1390. The first-order valence-electron chi connectivity index (χ1n) is 11.4. The molecule has 6 rings (SSSR count). The third kappa shape index (κ3) is 5.00. The van der Waals surface area contributed by atoms with Crippen LogP contribution in [-0.4, -0.2) is 15.0 Å². The minimum absolute atomic E-state index is 0. The molecular formula is C31H25IrN3-2. The van der Waals surface area contributed by atoms with E-state index in [1.54, 1.807) is 6.20 Å². The maximum Gasteiger partial charge on any atom is 0.0173 e. The van der Waals surface area contributed by atoms with Crippen LogP contribution >= 0.6 is 0 Å². The summed E-state index contributed by atoms with van der Waals surface area (Å²) in [5.74, 6) is 0. The van der Waals surface area contributed by atoms with Gasteiger partial charge in [0.25, 0.3) is 0 Å². The molecule has 3 heterocycles. The van der Waals surface area contributed by atoms with Crippen molar-refractivity contribution >= 4 is 0 Å². The maximum absolute atomic E-state index is 4.65. The molecule has 175 valence electrons. The van der Waals surface area contributed by atoms with E-state index in [4.69, 9.17) is 0 Å². The van der Waals surface area contributed by atoms with Gasteiger partial charge in [-0.3, -0.25) is 4.98 Å². The Morgan fingerprint density at radius 3 is 2.26 bits per heavy atom. The molecule has 0 N–H and O–H groups in total. The van der Waals surface area contributed by atoms with E-state index in [1.807, 2.05) is 67.7 Å². The first-order valence-corrected chi connectivity index (χ1v) is 11.4. The van der Waals surface area contributed by atoms with Crippen molar-refractivity contribution in [1.29, 1.82) is 0 Å². The summed E-state index contributed by atoms with van der Waals surface area (Å²) in [6.07, 6.45) is 3.79. The maximum atomic E-state index is 4.65. The van der Waals surface area contributed by atoms with Crippen LogP contribution in [0.4, 0.5) is 0 Å². The van der Waals surface area contributed by atoms with Gasteiger partial charge in [-0.1, -0.05) is 56.3 Å². The molecule has 0 spiro atoms.